The molecule has 0 radical (unpaired) electrons. The maximum atomic E-state index is 10.7. The summed E-state index contributed by atoms with van der Waals surface area (Å²) in [6.07, 6.45) is 1.10. The second-order valence-electron chi connectivity index (χ2n) is 4.91. The molecule has 0 aliphatic heterocycles. The molecular formula is C14H22N2O. The van der Waals surface area contributed by atoms with Gasteiger partial charge in [0.15, 0.2) is 0 Å². The lowest BCUT2D eigenvalue weighted by molar-refractivity contribution is -0.117. The van der Waals surface area contributed by atoms with Crippen molar-refractivity contribution < 1.29 is 4.79 Å². The van der Waals surface area contributed by atoms with Crippen LogP contribution in [-0.2, 0) is 11.2 Å². The molecule has 3 N–H and O–H groups in total. The molecule has 0 bridgehead atoms. The van der Waals surface area contributed by atoms with Gasteiger partial charge in [-0.05, 0) is 30.4 Å². The van der Waals surface area contributed by atoms with Crippen LogP contribution in [0, 0.1) is 5.92 Å². The molecule has 0 aromatic heterocycles. The van der Waals surface area contributed by atoms with Crippen LogP contribution in [0.4, 0.5) is 0 Å². The highest BCUT2D eigenvalue weighted by Gasteiger charge is 2.06. The van der Waals surface area contributed by atoms with E-state index < -0.39 is 0 Å². The van der Waals surface area contributed by atoms with Gasteiger partial charge in [0.1, 0.15) is 0 Å². The van der Waals surface area contributed by atoms with Crippen LogP contribution in [0.5, 0.6) is 0 Å². The minimum atomic E-state index is -0.326. The summed E-state index contributed by atoms with van der Waals surface area (Å²) in [4.78, 5) is 10.7. The van der Waals surface area contributed by atoms with Gasteiger partial charge in [0, 0.05) is 6.04 Å². The van der Waals surface area contributed by atoms with E-state index in [1.165, 1.54) is 11.1 Å². The number of carbonyl (C=O) groups excluding carboxylic acids is 1. The fraction of sp³-hybridized carbons (Fsp3) is 0.500. The van der Waals surface area contributed by atoms with E-state index in [0.29, 0.717) is 5.92 Å². The summed E-state index contributed by atoms with van der Waals surface area (Å²) in [7, 11) is 0. The van der Waals surface area contributed by atoms with Gasteiger partial charge in [0.25, 0.3) is 0 Å². The van der Waals surface area contributed by atoms with E-state index in [2.05, 4.69) is 43.4 Å². The first-order valence-corrected chi connectivity index (χ1v) is 6.09. The first-order valence-electron chi connectivity index (χ1n) is 6.09. The molecule has 3 heteroatoms. The topological polar surface area (TPSA) is 55.1 Å². The molecule has 0 aliphatic rings. The lowest BCUT2D eigenvalue weighted by Crippen LogP contribution is -2.30. The van der Waals surface area contributed by atoms with Crippen molar-refractivity contribution in [1.82, 2.24) is 5.32 Å². The second-order valence-corrected chi connectivity index (χ2v) is 4.91. The molecule has 1 atom stereocenters. The van der Waals surface area contributed by atoms with Crippen molar-refractivity contribution in [1.29, 1.82) is 0 Å². The van der Waals surface area contributed by atoms with E-state index in [1.807, 2.05) is 6.92 Å². The second kappa shape index (κ2) is 6.40. The molecule has 0 spiro atoms. The van der Waals surface area contributed by atoms with Gasteiger partial charge in [-0.1, -0.05) is 38.1 Å². The number of carbonyl (C=O) groups is 1. The Balaban J connectivity index is 2.57. The van der Waals surface area contributed by atoms with Crippen LogP contribution in [0.15, 0.2) is 24.3 Å². The maximum absolute atomic E-state index is 10.7. The zero-order valence-corrected chi connectivity index (χ0v) is 10.9. The number of hydrogen-bond donors (Lipinski definition) is 2. The molecule has 0 aliphatic carbocycles. The predicted octanol–water partition coefficient (Wildman–Crippen LogP) is 2.02. The third-order valence-corrected chi connectivity index (χ3v) is 2.71. The Hall–Kier alpha value is -1.35. The van der Waals surface area contributed by atoms with Crippen molar-refractivity contribution in [2.45, 2.75) is 33.2 Å². The van der Waals surface area contributed by atoms with Crippen molar-refractivity contribution in [3.63, 3.8) is 0 Å². The Bertz CT molecular complexity index is 357. The van der Waals surface area contributed by atoms with Crippen LogP contribution in [0.3, 0.4) is 0 Å². The van der Waals surface area contributed by atoms with Crippen molar-refractivity contribution >= 4 is 5.91 Å². The number of rotatable bonds is 6. The standard InChI is InChI=1S/C14H22N2O/c1-10(2)8-12-4-6-13(7-5-12)11(3)16-9-14(15)17/h4-7,10-11,16H,8-9H2,1-3H3,(H2,15,17). The number of primary amides is 1. The smallest absolute Gasteiger partial charge is 0.231 e. The van der Waals surface area contributed by atoms with E-state index in [1.54, 1.807) is 0 Å². The van der Waals surface area contributed by atoms with Gasteiger partial charge < -0.3 is 11.1 Å². The normalized spacial score (nSPS) is 12.7. The van der Waals surface area contributed by atoms with Crippen LogP contribution in [0.2, 0.25) is 0 Å². The van der Waals surface area contributed by atoms with Gasteiger partial charge in [-0.15, -0.1) is 0 Å². The third kappa shape index (κ3) is 5.00. The van der Waals surface area contributed by atoms with Gasteiger partial charge in [-0.25, -0.2) is 0 Å². The molecule has 1 rings (SSSR count). The highest BCUT2D eigenvalue weighted by molar-refractivity contribution is 5.75. The summed E-state index contributed by atoms with van der Waals surface area (Å²) in [5.41, 5.74) is 7.63. The lowest BCUT2D eigenvalue weighted by atomic mass is 10.00. The zero-order chi connectivity index (χ0) is 12.8. The molecule has 1 amide bonds. The number of amides is 1. The number of nitrogens with two attached hydrogens (primary N) is 1. The summed E-state index contributed by atoms with van der Waals surface area (Å²) in [5, 5.41) is 3.08. The number of benzene rings is 1. The quantitative estimate of drug-likeness (QED) is 0.791. The van der Waals surface area contributed by atoms with Crippen LogP contribution < -0.4 is 11.1 Å². The first kappa shape index (κ1) is 13.7. The Morgan fingerprint density at radius 1 is 1.24 bits per heavy atom. The SMILES string of the molecule is CC(C)Cc1ccc(C(C)NCC(N)=O)cc1. The van der Waals surface area contributed by atoms with E-state index in [9.17, 15) is 4.79 Å². The molecule has 1 aromatic carbocycles. The van der Waals surface area contributed by atoms with Crippen LogP contribution in [0.1, 0.15) is 37.9 Å². The Morgan fingerprint density at radius 2 is 1.82 bits per heavy atom. The molecule has 94 valence electrons. The number of hydrogen-bond acceptors (Lipinski definition) is 2. The Morgan fingerprint density at radius 3 is 2.29 bits per heavy atom. The summed E-state index contributed by atoms with van der Waals surface area (Å²) >= 11 is 0. The molecule has 1 unspecified atom stereocenters. The van der Waals surface area contributed by atoms with E-state index >= 15 is 0 Å². The van der Waals surface area contributed by atoms with Crippen molar-refractivity contribution in [3.8, 4) is 0 Å². The molecule has 1 aromatic rings. The van der Waals surface area contributed by atoms with Gasteiger partial charge in [0.05, 0.1) is 6.54 Å². The van der Waals surface area contributed by atoms with Gasteiger partial charge in [0.2, 0.25) is 5.91 Å². The average molecular weight is 234 g/mol. The highest BCUT2D eigenvalue weighted by Crippen LogP contribution is 2.15. The largest absolute Gasteiger partial charge is 0.369 e. The molecule has 17 heavy (non-hydrogen) atoms. The fourth-order valence-corrected chi connectivity index (χ4v) is 1.79. The molecule has 0 heterocycles. The van der Waals surface area contributed by atoms with Crippen molar-refractivity contribution in [2.24, 2.45) is 11.7 Å². The number of nitrogens with one attached hydrogen (secondary N) is 1. The van der Waals surface area contributed by atoms with Gasteiger partial charge >= 0.3 is 0 Å². The van der Waals surface area contributed by atoms with Crippen LogP contribution >= 0.6 is 0 Å². The Labute approximate surface area is 103 Å². The van der Waals surface area contributed by atoms with Crippen LogP contribution in [0.25, 0.3) is 0 Å². The molecule has 0 fully saturated rings. The minimum absolute atomic E-state index is 0.149. The van der Waals surface area contributed by atoms with Crippen LogP contribution in [-0.4, -0.2) is 12.5 Å². The average Bonchev–Trinajstić information content (AvgIpc) is 2.26. The Kier molecular flexibility index (Phi) is 5.16. The maximum Gasteiger partial charge on any atom is 0.231 e. The summed E-state index contributed by atoms with van der Waals surface area (Å²) < 4.78 is 0. The lowest BCUT2D eigenvalue weighted by Gasteiger charge is -2.14. The highest BCUT2D eigenvalue weighted by atomic mass is 16.1. The van der Waals surface area contributed by atoms with Crippen molar-refractivity contribution in [2.75, 3.05) is 6.54 Å². The minimum Gasteiger partial charge on any atom is -0.369 e. The van der Waals surface area contributed by atoms with Gasteiger partial charge in [-0.2, -0.15) is 0 Å². The summed E-state index contributed by atoms with van der Waals surface area (Å²) in [6, 6.07) is 8.66. The van der Waals surface area contributed by atoms with E-state index in [-0.39, 0.29) is 18.5 Å². The van der Waals surface area contributed by atoms with Gasteiger partial charge in [-0.3, -0.25) is 4.79 Å². The molecular weight excluding hydrogens is 212 g/mol. The first-order chi connectivity index (χ1) is 7.99. The summed E-state index contributed by atoms with van der Waals surface area (Å²) in [6.45, 7) is 6.67. The van der Waals surface area contributed by atoms with E-state index in [4.69, 9.17) is 5.73 Å². The molecule has 0 saturated carbocycles. The van der Waals surface area contributed by atoms with E-state index in [0.717, 1.165) is 6.42 Å². The van der Waals surface area contributed by atoms with Crippen molar-refractivity contribution in [3.05, 3.63) is 35.4 Å². The fourth-order valence-electron chi connectivity index (χ4n) is 1.79. The monoisotopic (exact) mass is 234 g/mol. The molecule has 0 saturated heterocycles. The predicted molar refractivity (Wildman–Crippen MR) is 70.6 cm³/mol. The molecule has 3 nitrogen and oxygen atoms in total. The zero-order valence-electron chi connectivity index (χ0n) is 10.9. The summed E-state index contributed by atoms with van der Waals surface area (Å²) in [5.74, 6) is 0.347. The third-order valence-electron chi connectivity index (χ3n) is 2.71.